The number of pyridine rings is 1. The Kier molecular flexibility index (Phi) is 1.43. The van der Waals surface area contributed by atoms with Gasteiger partial charge in [0.25, 0.3) is 0 Å². The van der Waals surface area contributed by atoms with Gasteiger partial charge in [-0.05, 0) is 16.5 Å². The molecule has 0 saturated carbocycles. The first-order valence-electron chi connectivity index (χ1n) is 5.52. The molecule has 16 heavy (non-hydrogen) atoms. The van der Waals surface area contributed by atoms with Gasteiger partial charge in [-0.1, -0.05) is 24.3 Å². The summed E-state index contributed by atoms with van der Waals surface area (Å²) >= 11 is 0. The zero-order chi connectivity index (χ0) is 10.5. The van der Waals surface area contributed by atoms with Crippen molar-refractivity contribution >= 4 is 23.1 Å². The Morgan fingerprint density at radius 2 is 2.12 bits per heavy atom. The molecule has 0 radical (unpaired) electrons. The average molecular weight is 206 g/mol. The minimum Gasteiger partial charge on any atom is -0.292 e. The molecule has 1 unspecified atom stereocenters. The minimum atomic E-state index is 0.457. The van der Waals surface area contributed by atoms with Gasteiger partial charge in [0, 0.05) is 42.0 Å². The number of rotatable bonds is 0. The van der Waals surface area contributed by atoms with Gasteiger partial charge < -0.3 is 0 Å². The number of hydrogen-bond acceptors (Lipinski definition) is 2. The predicted octanol–water partition coefficient (Wildman–Crippen LogP) is 2.78. The summed E-state index contributed by atoms with van der Waals surface area (Å²) in [6.07, 6.45) is 10.3. The molecule has 0 N–H and O–H groups in total. The average Bonchev–Trinajstić information content (AvgIpc) is 2.36. The Morgan fingerprint density at radius 1 is 1.12 bits per heavy atom. The van der Waals surface area contributed by atoms with E-state index in [1.807, 2.05) is 18.6 Å². The zero-order valence-electron chi connectivity index (χ0n) is 8.72. The third-order valence-electron chi connectivity index (χ3n) is 3.44. The predicted molar refractivity (Wildman–Crippen MR) is 66.0 cm³/mol. The quantitative estimate of drug-likeness (QED) is 0.650. The summed E-state index contributed by atoms with van der Waals surface area (Å²) < 4.78 is 0. The summed E-state index contributed by atoms with van der Waals surface area (Å²) in [7, 11) is 0. The van der Waals surface area contributed by atoms with Gasteiger partial charge in [-0.3, -0.25) is 9.98 Å². The molecule has 0 bridgehead atoms. The maximum atomic E-state index is 4.41. The van der Waals surface area contributed by atoms with Crippen LogP contribution in [0.4, 0.5) is 0 Å². The lowest BCUT2D eigenvalue weighted by molar-refractivity contribution is 0.845. The topological polar surface area (TPSA) is 25.2 Å². The molecule has 0 amide bonds. The van der Waals surface area contributed by atoms with E-state index in [0.717, 1.165) is 6.54 Å². The molecule has 1 atom stereocenters. The van der Waals surface area contributed by atoms with Crippen LogP contribution in [0.5, 0.6) is 0 Å². The maximum Gasteiger partial charge on any atom is 0.0493 e. The monoisotopic (exact) mass is 206 g/mol. The highest BCUT2D eigenvalue weighted by atomic mass is 14.7. The van der Waals surface area contributed by atoms with E-state index in [-0.39, 0.29) is 0 Å². The van der Waals surface area contributed by atoms with E-state index in [1.165, 1.54) is 27.5 Å². The highest BCUT2D eigenvalue weighted by molar-refractivity contribution is 6.01. The minimum absolute atomic E-state index is 0.457. The first-order valence-corrected chi connectivity index (χ1v) is 5.52. The molecule has 2 heterocycles. The second-order valence-electron chi connectivity index (χ2n) is 4.36. The zero-order valence-corrected chi connectivity index (χ0v) is 8.72. The normalized spacial score (nSPS) is 20.4. The van der Waals surface area contributed by atoms with Crippen LogP contribution in [0.25, 0.3) is 16.8 Å². The highest BCUT2D eigenvalue weighted by Crippen LogP contribution is 2.37. The van der Waals surface area contributed by atoms with E-state index in [1.54, 1.807) is 0 Å². The molecule has 0 saturated heterocycles. The van der Waals surface area contributed by atoms with Crippen LogP contribution in [0.15, 0.2) is 35.6 Å². The van der Waals surface area contributed by atoms with Gasteiger partial charge in [0.15, 0.2) is 0 Å². The van der Waals surface area contributed by atoms with Gasteiger partial charge in [-0.2, -0.15) is 0 Å². The molecule has 2 aromatic rings. The summed E-state index contributed by atoms with van der Waals surface area (Å²) in [5, 5.41) is 2.60. The molecule has 2 heteroatoms. The molecule has 1 aliphatic carbocycles. The first kappa shape index (κ1) is 8.22. The van der Waals surface area contributed by atoms with Crippen molar-refractivity contribution in [3.63, 3.8) is 0 Å². The van der Waals surface area contributed by atoms with Crippen LogP contribution in [-0.2, 0) is 0 Å². The van der Waals surface area contributed by atoms with E-state index in [9.17, 15) is 0 Å². The number of benzene rings is 1. The van der Waals surface area contributed by atoms with Gasteiger partial charge in [0.1, 0.15) is 0 Å². The largest absolute Gasteiger partial charge is 0.292 e. The molecular formula is C14H10N2. The van der Waals surface area contributed by atoms with Crippen molar-refractivity contribution in [2.24, 2.45) is 4.99 Å². The van der Waals surface area contributed by atoms with Crippen molar-refractivity contribution in [3.8, 4) is 0 Å². The SMILES string of the molecule is C1=CC2CN=Cc3ccc4cncc1c4c32. The molecule has 2 nitrogen and oxygen atoms in total. The van der Waals surface area contributed by atoms with Crippen molar-refractivity contribution in [1.29, 1.82) is 0 Å². The van der Waals surface area contributed by atoms with Crippen molar-refractivity contribution in [1.82, 2.24) is 4.98 Å². The maximum absolute atomic E-state index is 4.41. The van der Waals surface area contributed by atoms with Crippen LogP contribution in [0.2, 0.25) is 0 Å². The fourth-order valence-corrected chi connectivity index (χ4v) is 2.72. The Labute approximate surface area is 93.4 Å². The van der Waals surface area contributed by atoms with Gasteiger partial charge in [0.2, 0.25) is 0 Å². The summed E-state index contributed by atoms with van der Waals surface area (Å²) in [4.78, 5) is 8.69. The molecule has 1 aromatic heterocycles. The van der Waals surface area contributed by atoms with Crippen molar-refractivity contribution < 1.29 is 0 Å². The van der Waals surface area contributed by atoms with Crippen molar-refractivity contribution in [2.75, 3.05) is 6.54 Å². The summed E-state index contributed by atoms with van der Waals surface area (Å²) in [5.74, 6) is 0.457. The molecule has 1 aromatic carbocycles. The van der Waals surface area contributed by atoms with E-state index in [0.29, 0.717) is 5.92 Å². The Hall–Kier alpha value is -1.96. The lowest BCUT2D eigenvalue weighted by atomic mass is 9.83. The second kappa shape index (κ2) is 2.79. The molecule has 4 rings (SSSR count). The van der Waals surface area contributed by atoms with E-state index in [4.69, 9.17) is 0 Å². The molecular weight excluding hydrogens is 196 g/mol. The summed E-state index contributed by atoms with van der Waals surface area (Å²) in [5.41, 5.74) is 3.94. The molecule has 0 spiro atoms. The van der Waals surface area contributed by atoms with E-state index < -0.39 is 0 Å². The molecule has 2 aliphatic rings. The third kappa shape index (κ3) is 0.915. The highest BCUT2D eigenvalue weighted by Gasteiger charge is 2.22. The smallest absolute Gasteiger partial charge is 0.0493 e. The number of aromatic nitrogens is 1. The Bertz CT molecular complexity index is 653. The second-order valence-corrected chi connectivity index (χ2v) is 4.36. The van der Waals surface area contributed by atoms with Crippen molar-refractivity contribution in [2.45, 2.75) is 5.92 Å². The van der Waals surface area contributed by atoms with Crippen LogP contribution in [-0.4, -0.2) is 17.7 Å². The fraction of sp³-hybridized carbons (Fsp3) is 0.143. The summed E-state index contributed by atoms with van der Waals surface area (Å²) in [6.45, 7) is 0.879. The molecule has 76 valence electrons. The van der Waals surface area contributed by atoms with Gasteiger partial charge in [-0.25, -0.2) is 0 Å². The molecule has 0 fully saturated rings. The first-order chi connectivity index (χ1) is 7.93. The Morgan fingerprint density at radius 3 is 3.12 bits per heavy atom. The van der Waals surface area contributed by atoms with Crippen LogP contribution in [0.1, 0.15) is 22.6 Å². The van der Waals surface area contributed by atoms with Crippen LogP contribution >= 0.6 is 0 Å². The van der Waals surface area contributed by atoms with E-state index >= 15 is 0 Å². The number of aliphatic imine (C=N–C) groups is 1. The van der Waals surface area contributed by atoms with Crippen LogP contribution < -0.4 is 0 Å². The van der Waals surface area contributed by atoms with Gasteiger partial charge in [0.05, 0.1) is 0 Å². The summed E-state index contributed by atoms with van der Waals surface area (Å²) in [6, 6.07) is 4.29. The fourth-order valence-electron chi connectivity index (χ4n) is 2.72. The van der Waals surface area contributed by atoms with E-state index in [2.05, 4.69) is 34.3 Å². The lowest BCUT2D eigenvalue weighted by Crippen LogP contribution is -2.12. The van der Waals surface area contributed by atoms with Gasteiger partial charge in [-0.15, -0.1) is 0 Å². The lowest BCUT2D eigenvalue weighted by Gasteiger charge is -2.24. The number of hydrogen-bond donors (Lipinski definition) is 0. The van der Waals surface area contributed by atoms with Crippen LogP contribution in [0, 0.1) is 0 Å². The van der Waals surface area contributed by atoms with Gasteiger partial charge >= 0.3 is 0 Å². The Balaban J connectivity index is 2.26. The van der Waals surface area contributed by atoms with Crippen molar-refractivity contribution in [3.05, 3.63) is 47.3 Å². The molecule has 1 aliphatic heterocycles. The number of nitrogens with zero attached hydrogens (tertiary/aromatic N) is 2. The third-order valence-corrected chi connectivity index (χ3v) is 3.44. The van der Waals surface area contributed by atoms with Crippen LogP contribution in [0.3, 0.4) is 0 Å². The standard InChI is InChI=1S/C14H10N2/c1-2-10-6-16-8-12-4-3-11-7-15-5-9(1)13(11)14(10)12/h1-7,12H,8H2.